The maximum Gasteiger partial charge on any atom is 0.330 e. The highest BCUT2D eigenvalue weighted by Crippen LogP contribution is 2.71. The van der Waals surface area contributed by atoms with Crippen LogP contribution in [0.3, 0.4) is 0 Å². The van der Waals surface area contributed by atoms with Gasteiger partial charge in [0.2, 0.25) is 0 Å². The molecule has 3 rings (SSSR count). The lowest BCUT2D eigenvalue weighted by molar-refractivity contribution is -0.138. The first-order chi connectivity index (χ1) is 16.2. The van der Waals surface area contributed by atoms with Gasteiger partial charge in [0, 0.05) is 17.9 Å². The normalized spacial score (nSPS) is 39.9. The molecular formula is C30H46O5. The number of aliphatic carboxylic acids is 2. The van der Waals surface area contributed by atoms with Crippen LogP contribution in [0.4, 0.5) is 0 Å². The Morgan fingerprint density at radius 1 is 1.20 bits per heavy atom. The summed E-state index contributed by atoms with van der Waals surface area (Å²) in [7, 11) is 0. The second kappa shape index (κ2) is 9.88. The fourth-order valence-corrected chi connectivity index (χ4v) is 8.55. The van der Waals surface area contributed by atoms with E-state index in [0.29, 0.717) is 30.3 Å². The van der Waals surface area contributed by atoms with E-state index in [9.17, 15) is 19.8 Å². The van der Waals surface area contributed by atoms with Crippen LogP contribution in [0.25, 0.3) is 0 Å². The van der Waals surface area contributed by atoms with Gasteiger partial charge in [-0.1, -0.05) is 57.6 Å². The molecule has 8 unspecified atom stereocenters. The van der Waals surface area contributed by atoms with Crippen LogP contribution in [0.1, 0.15) is 92.9 Å². The molecule has 2 fully saturated rings. The Balaban J connectivity index is 1.93. The molecule has 196 valence electrons. The summed E-state index contributed by atoms with van der Waals surface area (Å²) in [6.45, 7) is 17.1. The number of carboxylic acids is 2. The van der Waals surface area contributed by atoms with Gasteiger partial charge in [0.05, 0.1) is 6.10 Å². The van der Waals surface area contributed by atoms with Crippen molar-refractivity contribution >= 4 is 11.9 Å². The van der Waals surface area contributed by atoms with Gasteiger partial charge < -0.3 is 15.3 Å². The molecule has 0 aromatic carbocycles. The minimum atomic E-state index is -0.849. The molecular weight excluding hydrogens is 440 g/mol. The average Bonchev–Trinajstić information content (AvgIpc) is 3.03. The molecule has 3 aliphatic rings. The van der Waals surface area contributed by atoms with E-state index in [-0.39, 0.29) is 29.1 Å². The number of fused-ring (bicyclic) bond motifs is 3. The number of carbonyl (C=O) groups is 2. The first-order valence-corrected chi connectivity index (χ1v) is 13.3. The van der Waals surface area contributed by atoms with Crippen molar-refractivity contribution in [2.45, 2.75) is 99.0 Å². The van der Waals surface area contributed by atoms with Crippen LogP contribution in [-0.4, -0.2) is 33.4 Å². The largest absolute Gasteiger partial charge is 0.481 e. The first kappa shape index (κ1) is 27.7. The van der Waals surface area contributed by atoms with Crippen molar-refractivity contribution in [1.82, 2.24) is 0 Å². The fourth-order valence-electron chi connectivity index (χ4n) is 8.55. The quantitative estimate of drug-likeness (QED) is 0.251. The molecule has 3 aliphatic carbocycles. The van der Waals surface area contributed by atoms with E-state index in [1.807, 2.05) is 13.0 Å². The maximum atomic E-state index is 11.5. The number of carboxylic acid groups (broad SMARTS) is 2. The van der Waals surface area contributed by atoms with Crippen molar-refractivity contribution in [3.8, 4) is 0 Å². The van der Waals surface area contributed by atoms with E-state index >= 15 is 0 Å². The number of hydrogen-bond donors (Lipinski definition) is 3. The number of hydrogen-bond acceptors (Lipinski definition) is 3. The first-order valence-electron chi connectivity index (χ1n) is 13.3. The molecule has 8 atom stereocenters. The van der Waals surface area contributed by atoms with Gasteiger partial charge in [0.1, 0.15) is 0 Å². The molecule has 0 aliphatic heterocycles. The SMILES string of the molecule is C=C(C)C1C(O)CC2C(=CCC3(C)C(C(C)CCC=C(C)C(=O)O)CCC23C)C1(C)CCC(=O)O. The number of aliphatic hydroxyl groups is 1. The average molecular weight is 487 g/mol. The second-order valence-electron chi connectivity index (χ2n) is 12.6. The molecule has 0 saturated heterocycles. The van der Waals surface area contributed by atoms with Gasteiger partial charge in [0.25, 0.3) is 0 Å². The Morgan fingerprint density at radius 2 is 1.86 bits per heavy atom. The monoisotopic (exact) mass is 486 g/mol. The molecule has 0 radical (unpaired) electrons. The maximum absolute atomic E-state index is 11.5. The standard InChI is InChI=1S/C30H46O5/c1-18(2)26-24(31)17-23-22(28(26,5)14-13-25(32)33)12-16-29(6)21(11-15-30(23,29)7)19(3)9-8-10-20(4)27(34)35/h10,12,19,21,23-24,26,31H,1,8-9,11,13-17H2,2-7H3,(H,32,33)(H,34,35). The van der Waals surface area contributed by atoms with E-state index in [4.69, 9.17) is 5.11 Å². The minimum absolute atomic E-state index is 0.0361. The van der Waals surface area contributed by atoms with Gasteiger partial charge in [-0.3, -0.25) is 4.79 Å². The Kier molecular flexibility index (Phi) is 7.82. The highest BCUT2D eigenvalue weighted by Gasteiger charge is 2.64. The van der Waals surface area contributed by atoms with Crippen LogP contribution >= 0.6 is 0 Å². The molecule has 2 saturated carbocycles. The molecule has 0 aromatic rings. The Bertz CT molecular complexity index is 931. The molecule has 35 heavy (non-hydrogen) atoms. The summed E-state index contributed by atoms with van der Waals surface area (Å²) in [5.41, 5.74) is 2.43. The molecule has 0 aromatic heterocycles. The molecule has 0 spiro atoms. The van der Waals surface area contributed by atoms with Crippen molar-refractivity contribution in [2.24, 2.45) is 39.9 Å². The Morgan fingerprint density at radius 3 is 2.43 bits per heavy atom. The van der Waals surface area contributed by atoms with E-state index < -0.39 is 23.5 Å². The fraction of sp³-hybridized carbons (Fsp3) is 0.733. The summed E-state index contributed by atoms with van der Waals surface area (Å²) in [4.78, 5) is 22.7. The summed E-state index contributed by atoms with van der Waals surface area (Å²) in [5.74, 6) is -0.528. The van der Waals surface area contributed by atoms with Gasteiger partial charge in [-0.25, -0.2) is 4.79 Å². The van der Waals surface area contributed by atoms with E-state index in [0.717, 1.165) is 37.7 Å². The predicted molar refractivity (Wildman–Crippen MR) is 139 cm³/mol. The lowest BCUT2D eigenvalue weighted by atomic mass is 9.44. The van der Waals surface area contributed by atoms with Crippen LogP contribution < -0.4 is 0 Å². The third-order valence-electron chi connectivity index (χ3n) is 10.7. The minimum Gasteiger partial charge on any atom is -0.481 e. The van der Waals surface area contributed by atoms with Gasteiger partial charge >= 0.3 is 11.9 Å². The molecule has 5 nitrogen and oxygen atoms in total. The topological polar surface area (TPSA) is 94.8 Å². The Labute approximate surface area is 211 Å². The smallest absolute Gasteiger partial charge is 0.330 e. The van der Waals surface area contributed by atoms with Crippen LogP contribution in [0.15, 0.2) is 35.5 Å². The highest BCUT2D eigenvalue weighted by atomic mass is 16.4. The number of allylic oxidation sites excluding steroid dienone is 3. The van der Waals surface area contributed by atoms with E-state index in [2.05, 4.69) is 40.3 Å². The number of rotatable bonds is 9. The third-order valence-corrected chi connectivity index (χ3v) is 10.7. The summed E-state index contributed by atoms with van der Waals surface area (Å²) < 4.78 is 0. The molecule has 5 heteroatoms. The van der Waals surface area contributed by atoms with Crippen LogP contribution in [0.5, 0.6) is 0 Å². The summed E-state index contributed by atoms with van der Waals surface area (Å²) in [6.07, 6.45) is 10.0. The second-order valence-corrected chi connectivity index (χ2v) is 12.6. The molecule has 3 N–H and O–H groups in total. The van der Waals surface area contributed by atoms with Gasteiger partial charge in [-0.05, 0) is 92.8 Å². The van der Waals surface area contributed by atoms with Crippen molar-refractivity contribution in [2.75, 3.05) is 0 Å². The van der Waals surface area contributed by atoms with E-state index in [1.54, 1.807) is 6.92 Å². The summed E-state index contributed by atoms with van der Waals surface area (Å²) in [6, 6.07) is 0. The van der Waals surface area contributed by atoms with Gasteiger partial charge in [-0.2, -0.15) is 0 Å². The predicted octanol–water partition coefficient (Wildman–Crippen LogP) is 6.63. The van der Waals surface area contributed by atoms with Crippen LogP contribution in [0, 0.1) is 39.9 Å². The van der Waals surface area contributed by atoms with Crippen molar-refractivity contribution in [3.63, 3.8) is 0 Å². The lowest BCUT2D eigenvalue weighted by Crippen LogP contribution is -2.55. The van der Waals surface area contributed by atoms with Crippen LogP contribution in [-0.2, 0) is 9.59 Å². The Hall–Kier alpha value is -1.88. The van der Waals surface area contributed by atoms with E-state index in [1.165, 1.54) is 5.57 Å². The zero-order chi connectivity index (χ0) is 26.3. The zero-order valence-electron chi connectivity index (χ0n) is 22.6. The van der Waals surface area contributed by atoms with Gasteiger partial charge in [0.15, 0.2) is 0 Å². The summed E-state index contributed by atoms with van der Waals surface area (Å²) in [5, 5.41) is 30.0. The molecule has 0 amide bonds. The van der Waals surface area contributed by atoms with Crippen LogP contribution in [0.2, 0.25) is 0 Å². The zero-order valence-corrected chi connectivity index (χ0v) is 22.6. The lowest BCUT2D eigenvalue weighted by Gasteiger charge is -2.61. The molecule has 0 heterocycles. The van der Waals surface area contributed by atoms with Gasteiger partial charge in [-0.15, -0.1) is 0 Å². The highest BCUT2D eigenvalue weighted by molar-refractivity contribution is 5.85. The molecule has 0 bridgehead atoms. The third kappa shape index (κ3) is 4.65. The number of aliphatic hydroxyl groups excluding tert-OH is 1. The summed E-state index contributed by atoms with van der Waals surface area (Å²) >= 11 is 0. The van der Waals surface area contributed by atoms with Crippen molar-refractivity contribution < 1.29 is 24.9 Å². The van der Waals surface area contributed by atoms with Crippen molar-refractivity contribution in [1.29, 1.82) is 0 Å². The van der Waals surface area contributed by atoms with Crippen molar-refractivity contribution in [3.05, 3.63) is 35.5 Å².